The Morgan fingerprint density at radius 1 is 1.17 bits per heavy atom. The molecule has 1 aliphatic carbocycles. The summed E-state index contributed by atoms with van der Waals surface area (Å²) in [5.41, 5.74) is 0. The molecule has 0 radical (unpaired) electrons. The van der Waals surface area contributed by atoms with Gasteiger partial charge in [0, 0.05) is 19.1 Å². The third kappa shape index (κ3) is 1.50. The zero-order valence-electron chi connectivity index (χ0n) is 7.54. The van der Waals surface area contributed by atoms with Gasteiger partial charge in [-0.25, -0.2) is 0 Å². The molecule has 0 amide bonds. The molecule has 12 heavy (non-hydrogen) atoms. The minimum Gasteiger partial charge on any atom is -0.396 e. The van der Waals surface area contributed by atoms with Crippen LogP contribution in [0.3, 0.4) is 0 Å². The van der Waals surface area contributed by atoms with Gasteiger partial charge in [0.15, 0.2) is 0 Å². The molecule has 2 atom stereocenters. The standard InChI is InChI=1S/C10H18O2/c11-7-9-5-2-6-12-10(9)8-3-1-4-8/h8-11H,1-7H2. The molecule has 2 nitrogen and oxygen atoms in total. The number of hydrogen-bond acceptors (Lipinski definition) is 2. The highest BCUT2D eigenvalue weighted by molar-refractivity contribution is 4.85. The summed E-state index contributed by atoms with van der Waals surface area (Å²) >= 11 is 0. The minimum absolute atomic E-state index is 0.321. The Labute approximate surface area is 73.9 Å². The molecule has 1 aliphatic heterocycles. The molecule has 2 unspecified atom stereocenters. The molecular formula is C10H18O2. The van der Waals surface area contributed by atoms with Gasteiger partial charge in [-0.05, 0) is 31.6 Å². The Balaban J connectivity index is 1.90. The second kappa shape index (κ2) is 3.75. The lowest BCUT2D eigenvalue weighted by atomic mass is 9.75. The van der Waals surface area contributed by atoms with E-state index in [1.807, 2.05) is 0 Å². The van der Waals surface area contributed by atoms with Crippen LogP contribution >= 0.6 is 0 Å². The predicted molar refractivity (Wildman–Crippen MR) is 46.9 cm³/mol. The Bertz CT molecular complexity index is 143. The van der Waals surface area contributed by atoms with E-state index in [-0.39, 0.29) is 0 Å². The molecule has 1 saturated heterocycles. The Morgan fingerprint density at radius 3 is 2.58 bits per heavy atom. The van der Waals surface area contributed by atoms with Gasteiger partial charge in [-0.3, -0.25) is 0 Å². The summed E-state index contributed by atoms with van der Waals surface area (Å²) in [4.78, 5) is 0. The topological polar surface area (TPSA) is 29.5 Å². The van der Waals surface area contributed by atoms with Crippen molar-refractivity contribution < 1.29 is 9.84 Å². The van der Waals surface area contributed by atoms with Gasteiger partial charge < -0.3 is 9.84 Å². The van der Waals surface area contributed by atoms with E-state index in [1.165, 1.54) is 19.3 Å². The average Bonchev–Trinajstić information content (AvgIpc) is 2.02. The number of hydrogen-bond donors (Lipinski definition) is 1. The summed E-state index contributed by atoms with van der Waals surface area (Å²) in [6, 6.07) is 0. The van der Waals surface area contributed by atoms with E-state index in [2.05, 4.69) is 0 Å². The van der Waals surface area contributed by atoms with Crippen LogP contribution in [0.5, 0.6) is 0 Å². The zero-order valence-corrected chi connectivity index (χ0v) is 7.54. The van der Waals surface area contributed by atoms with Crippen molar-refractivity contribution >= 4 is 0 Å². The van der Waals surface area contributed by atoms with Crippen LogP contribution in [-0.2, 0) is 4.74 Å². The first-order valence-electron chi connectivity index (χ1n) is 5.14. The van der Waals surface area contributed by atoms with E-state index in [0.717, 1.165) is 25.4 Å². The van der Waals surface area contributed by atoms with Crippen molar-refractivity contribution in [2.24, 2.45) is 11.8 Å². The van der Waals surface area contributed by atoms with Crippen molar-refractivity contribution in [1.82, 2.24) is 0 Å². The quantitative estimate of drug-likeness (QED) is 0.681. The van der Waals surface area contributed by atoms with Crippen LogP contribution in [0, 0.1) is 11.8 Å². The molecule has 0 aromatic carbocycles. The third-order valence-electron chi connectivity index (χ3n) is 3.34. The zero-order chi connectivity index (χ0) is 8.39. The van der Waals surface area contributed by atoms with E-state index in [1.54, 1.807) is 0 Å². The van der Waals surface area contributed by atoms with E-state index < -0.39 is 0 Å². The molecule has 2 heteroatoms. The summed E-state index contributed by atoms with van der Waals surface area (Å²) in [7, 11) is 0. The maximum atomic E-state index is 9.15. The van der Waals surface area contributed by atoms with E-state index in [4.69, 9.17) is 9.84 Å². The van der Waals surface area contributed by atoms with Gasteiger partial charge in [0.25, 0.3) is 0 Å². The van der Waals surface area contributed by atoms with Gasteiger partial charge in [0.1, 0.15) is 0 Å². The fourth-order valence-corrected chi connectivity index (χ4v) is 2.35. The van der Waals surface area contributed by atoms with Gasteiger partial charge in [0.2, 0.25) is 0 Å². The first-order chi connectivity index (χ1) is 5.92. The normalized spacial score (nSPS) is 37.8. The lowest BCUT2D eigenvalue weighted by Crippen LogP contribution is -2.40. The number of aliphatic hydroxyl groups excluding tert-OH is 1. The molecule has 1 heterocycles. The summed E-state index contributed by atoms with van der Waals surface area (Å²) in [6.45, 7) is 1.23. The van der Waals surface area contributed by atoms with Crippen molar-refractivity contribution in [2.75, 3.05) is 13.2 Å². The van der Waals surface area contributed by atoms with Crippen molar-refractivity contribution in [2.45, 2.75) is 38.2 Å². The van der Waals surface area contributed by atoms with Gasteiger partial charge in [-0.15, -0.1) is 0 Å². The molecule has 0 bridgehead atoms. The molecule has 2 rings (SSSR count). The summed E-state index contributed by atoms with van der Waals surface area (Å²) < 4.78 is 5.73. The monoisotopic (exact) mass is 170 g/mol. The van der Waals surface area contributed by atoms with Gasteiger partial charge in [0.05, 0.1) is 6.10 Å². The van der Waals surface area contributed by atoms with Crippen molar-refractivity contribution in [3.8, 4) is 0 Å². The highest BCUT2D eigenvalue weighted by Crippen LogP contribution is 2.37. The number of ether oxygens (including phenoxy) is 1. The second-order valence-electron chi connectivity index (χ2n) is 4.11. The number of aliphatic hydroxyl groups is 1. The maximum absolute atomic E-state index is 9.15. The SMILES string of the molecule is OCC1CCCOC1C1CCC1. The smallest absolute Gasteiger partial charge is 0.0653 e. The van der Waals surface area contributed by atoms with Gasteiger partial charge >= 0.3 is 0 Å². The van der Waals surface area contributed by atoms with Crippen molar-refractivity contribution in [3.63, 3.8) is 0 Å². The maximum Gasteiger partial charge on any atom is 0.0653 e. The molecule has 0 spiro atoms. The molecule has 0 aromatic heterocycles. The van der Waals surface area contributed by atoms with Gasteiger partial charge in [-0.1, -0.05) is 6.42 Å². The van der Waals surface area contributed by atoms with E-state index >= 15 is 0 Å². The van der Waals surface area contributed by atoms with Crippen LogP contribution in [-0.4, -0.2) is 24.4 Å². The van der Waals surface area contributed by atoms with Crippen LogP contribution < -0.4 is 0 Å². The fraction of sp³-hybridized carbons (Fsp3) is 1.00. The summed E-state index contributed by atoms with van der Waals surface area (Å²) in [5.74, 6) is 1.20. The average molecular weight is 170 g/mol. The highest BCUT2D eigenvalue weighted by Gasteiger charge is 2.35. The van der Waals surface area contributed by atoms with Gasteiger partial charge in [-0.2, -0.15) is 0 Å². The Kier molecular flexibility index (Phi) is 2.66. The molecule has 0 aromatic rings. The lowest BCUT2D eigenvalue weighted by molar-refractivity contribution is -0.0917. The largest absolute Gasteiger partial charge is 0.396 e. The molecule has 2 aliphatic rings. The summed E-state index contributed by atoms with van der Waals surface area (Å²) in [5, 5.41) is 9.15. The lowest BCUT2D eigenvalue weighted by Gasteiger charge is -2.40. The Morgan fingerprint density at radius 2 is 2.00 bits per heavy atom. The predicted octanol–water partition coefficient (Wildman–Crippen LogP) is 1.57. The fourth-order valence-electron chi connectivity index (χ4n) is 2.35. The highest BCUT2D eigenvalue weighted by atomic mass is 16.5. The van der Waals surface area contributed by atoms with Crippen LogP contribution in [0.1, 0.15) is 32.1 Å². The van der Waals surface area contributed by atoms with Crippen molar-refractivity contribution in [1.29, 1.82) is 0 Å². The minimum atomic E-state index is 0.321. The molecule has 70 valence electrons. The third-order valence-corrected chi connectivity index (χ3v) is 3.34. The number of rotatable bonds is 2. The van der Waals surface area contributed by atoms with Crippen LogP contribution in [0.4, 0.5) is 0 Å². The second-order valence-corrected chi connectivity index (χ2v) is 4.11. The molecular weight excluding hydrogens is 152 g/mol. The summed E-state index contributed by atoms with van der Waals surface area (Å²) in [6.07, 6.45) is 6.69. The van der Waals surface area contributed by atoms with E-state index in [0.29, 0.717) is 18.6 Å². The van der Waals surface area contributed by atoms with Crippen LogP contribution in [0.2, 0.25) is 0 Å². The first kappa shape index (κ1) is 8.52. The Hall–Kier alpha value is -0.0800. The van der Waals surface area contributed by atoms with Crippen LogP contribution in [0.15, 0.2) is 0 Å². The molecule has 1 saturated carbocycles. The first-order valence-corrected chi connectivity index (χ1v) is 5.14. The van der Waals surface area contributed by atoms with Crippen LogP contribution in [0.25, 0.3) is 0 Å². The van der Waals surface area contributed by atoms with E-state index in [9.17, 15) is 0 Å². The molecule has 2 fully saturated rings. The van der Waals surface area contributed by atoms with Crippen molar-refractivity contribution in [3.05, 3.63) is 0 Å². The molecule has 1 N–H and O–H groups in total.